The van der Waals surface area contributed by atoms with Crippen molar-refractivity contribution in [1.82, 2.24) is 5.32 Å². The third-order valence-corrected chi connectivity index (χ3v) is 4.55. The molecule has 3 rings (SSSR count). The van der Waals surface area contributed by atoms with Gasteiger partial charge in [0.1, 0.15) is 0 Å². The summed E-state index contributed by atoms with van der Waals surface area (Å²) in [5.74, 6) is 0.331. The van der Waals surface area contributed by atoms with E-state index in [9.17, 15) is 4.79 Å². The van der Waals surface area contributed by atoms with E-state index in [1.54, 1.807) is 18.2 Å². The van der Waals surface area contributed by atoms with Crippen molar-refractivity contribution in [2.45, 2.75) is 18.9 Å². The summed E-state index contributed by atoms with van der Waals surface area (Å²) in [6.45, 7) is 0. The van der Waals surface area contributed by atoms with Gasteiger partial charge >= 0.3 is 0 Å². The fourth-order valence-electron chi connectivity index (χ4n) is 2.46. The Morgan fingerprint density at radius 2 is 1.76 bits per heavy atom. The quantitative estimate of drug-likeness (QED) is 0.855. The minimum absolute atomic E-state index is 0.0359. The monoisotopic (exact) mass is 319 g/mol. The molecule has 2 aromatic carbocycles. The maximum Gasteiger partial charge on any atom is 0.253 e. The Morgan fingerprint density at radius 3 is 2.43 bits per heavy atom. The summed E-state index contributed by atoms with van der Waals surface area (Å²) in [6, 6.07) is 15.2. The Morgan fingerprint density at radius 1 is 1.05 bits per heavy atom. The zero-order valence-corrected chi connectivity index (χ0v) is 12.9. The second-order valence-electron chi connectivity index (χ2n) is 5.30. The van der Waals surface area contributed by atoms with Crippen LogP contribution in [0.25, 0.3) is 0 Å². The molecule has 0 aliphatic heterocycles. The first-order valence-electron chi connectivity index (χ1n) is 6.96. The molecule has 2 aromatic rings. The highest BCUT2D eigenvalue weighted by Gasteiger charge is 2.33. The van der Waals surface area contributed by atoms with Crippen molar-refractivity contribution in [3.63, 3.8) is 0 Å². The Kier molecular flexibility index (Phi) is 4.18. The second-order valence-corrected chi connectivity index (χ2v) is 6.09. The van der Waals surface area contributed by atoms with Gasteiger partial charge in [-0.2, -0.15) is 0 Å². The molecule has 4 heteroatoms. The molecule has 0 radical (unpaired) electrons. The molecule has 0 saturated heterocycles. The zero-order chi connectivity index (χ0) is 14.8. The summed E-state index contributed by atoms with van der Waals surface area (Å²) in [5.41, 5.74) is 1.55. The molecule has 108 valence electrons. The molecule has 0 heterocycles. The topological polar surface area (TPSA) is 29.1 Å². The van der Waals surface area contributed by atoms with Crippen LogP contribution >= 0.6 is 23.2 Å². The molecule has 0 bridgehead atoms. The molecule has 1 aliphatic rings. The molecule has 1 fully saturated rings. The van der Waals surface area contributed by atoms with Gasteiger partial charge in [0.15, 0.2) is 0 Å². The Labute approximate surface area is 134 Å². The van der Waals surface area contributed by atoms with E-state index >= 15 is 0 Å². The van der Waals surface area contributed by atoms with Gasteiger partial charge in [0.2, 0.25) is 0 Å². The minimum Gasteiger partial charge on any atom is -0.345 e. The van der Waals surface area contributed by atoms with Gasteiger partial charge in [0, 0.05) is 0 Å². The number of hydrogen-bond donors (Lipinski definition) is 1. The summed E-state index contributed by atoms with van der Waals surface area (Å²) < 4.78 is 0. The molecule has 1 aliphatic carbocycles. The standard InChI is InChI=1S/C17H15Cl2NO/c18-14-8-4-7-13(15(14)19)17(21)20-16(12-9-10-12)11-5-2-1-3-6-11/h1-8,12,16H,9-10H2,(H,20,21). The first kappa shape index (κ1) is 14.4. The van der Waals surface area contributed by atoms with Crippen molar-refractivity contribution < 1.29 is 4.79 Å². The van der Waals surface area contributed by atoms with E-state index in [1.807, 2.05) is 30.3 Å². The largest absolute Gasteiger partial charge is 0.345 e. The SMILES string of the molecule is O=C(NC(c1ccccc1)C1CC1)c1cccc(Cl)c1Cl. The highest BCUT2D eigenvalue weighted by atomic mass is 35.5. The summed E-state index contributed by atoms with van der Waals surface area (Å²) in [5, 5.41) is 3.80. The smallest absolute Gasteiger partial charge is 0.253 e. The lowest BCUT2D eigenvalue weighted by Gasteiger charge is -2.19. The number of nitrogens with one attached hydrogen (secondary N) is 1. The fraction of sp³-hybridized carbons (Fsp3) is 0.235. The van der Waals surface area contributed by atoms with Crippen molar-refractivity contribution in [3.8, 4) is 0 Å². The number of hydrogen-bond acceptors (Lipinski definition) is 1. The van der Waals surface area contributed by atoms with Crippen LogP contribution in [0.4, 0.5) is 0 Å². The highest BCUT2D eigenvalue weighted by molar-refractivity contribution is 6.43. The van der Waals surface area contributed by atoms with E-state index < -0.39 is 0 Å². The average molecular weight is 320 g/mol. The second kappa shape index (κ2) is 6.08. The van der Waals surface area contributed by atoms with E-state index in [4.69, 9.17) is 23.2 Å². The van der Waals surface area contributed by atoms with E-state index in [-0.39, 0.29) is 11.9 Å². The van der Waals surface area contributed by atoms with Gasteiger partial charge in [-0.3, -0.25) is 4.79 Å². The van der Waals surface area contributed by atoms with E-state index in [2.05, 4.69) is 5.32 Å². The van der Waals surface area contributed by atoms with Crippen LogP contribution in [0.1, 0.15) is 34.8 Å². The van der Waals surface area contributed by atoms with Crippen LogP contribution in [-0.2, 0) is 0 Å². The Balaban J connectivity index is 1.83. The van der Waals surface area contributed by atoms with E-state index in [0.29, 0.717) is 21.5 Å². The van der Waals surface area contributed by atoms with Crippen molar-refractivity contribution >= 4 is 29.1 Å². The molecule has 21 heavy (non-hydrogen) atoms. The van der Waals surface area contributed by atoms with Gasteiger partial charge in [0.05, 0.1) is 21.7 Å². The van der Waals surface area contributed by atoms with Gasteiger partial charge in [-0.25, -0.2) is 0 Å². The number of carbonyl (C=O) groups is 1. The maximum absolute atomic E-state index is 12.5. The molecule has 0 spiro atoms. The third-order valence-electron chi connectivity index (χ3n) is 3.73. The van der Waals surface area contributed by atoms with Gasteiger partial charge in [-0.1, -0.05) is 59.6 Å². The maximum atomic E-state index is 12.5. The number of amides is 1. The number of benzene rings is 2. The Bertz CT molecular complexity index is 653. The van der Waals surface area contributed by atoms with Crippen molar-refractivity contribution in [2.75, 3.05) is 0 Å². The van der Waals surface area contributed by atoms with Crippen molar-refractivity contribution in [2.24, 2.45) is 5.92 Å². The van der Waals surface area contributed by atoms with Crippen LogP contribution in [0.3, 0.4) is 0 Å². The molecular weight excluding hydrogens is 305 g/mol. The number of halogens is 2. The van der Waals surface area contributed by atoms with Crippen LogP contribution in [0.5, 0.6) is 0 Å². The number of rotatable bonds is 4. The van der Waals surface area contributed by atoms with Crippen LogP contribution in [-0.4, -0.2) is 5.91 Å². The Hall–Kier alpha value is -1.51. The highest BCUT2D eigenvalue weighted by Crippen LogP contribution is 2.41. The molecular formula is C17H15Cl2NO. The zero-order valence-electron chi connectivity index (χ0n) is 11.4. The normalized spacial score (nSPS) is 15.5. The molecule has 1 atom stereocenters. The summed E-state index contributed by atoms with van der Waals surface area (Å²) in [6.07, 6.45) is 2.28. The van der Waals surface area contributed by atoms with Gasteiger partial charge < -0.3 is 5.32 Å². The predicted octanol–water partition coefficient (Wildman–Crippen LogP) is 4.87. The number of carbonyl (C=O) groups excluding carboxylic acids is 1. The molecule has 1 saturated carbocycles. The lowest BCUT2D eigenvalue weighted by atomic mass is 10.0. The lowest BCUT2D eigenvalue weighted by molar-refractivity contribution is 0.0932. The van der Waals surface area contributed by atoms with Crippen molar-refractivity contribution in [1.29, 1.82) is 0 Å². The van der Waals surface area contributed by atoms with E-state index in [0.717, 1.165) is 18.4 Å². The lowest BCUT2D eigenvalue weighted by Crippen LogP contribution is -2.30. The molecule has 1 unspecified atom stereocenters. The molecule has 1 N–H and O–H groups in total. The van der Waals surface area contributed by atoms with E-state index in [1.165, 1.54) is 0 Å². The van der Waals surface area contributed by atoms with Crippen LogP contribution in [0, 0.1) is 5.92 Å². The summed E-state index contributed by atoms with van der Waals surface area (Å²) in [4.78, 5) is 12.5. The first-order chi connectivity index (χ1) is 10.2. The van der Waals surface area contributed by atoms with Gasteiger partial charge in [0.25, 0.3) is 5.91 Å². The van der Waals surface area contributed by atoms with Crippen molar-refractivity contribution in [3.05, 3.63) is 69.7 Å². The van der Waals surface area contributed by atoms with Gasteiger partial charge in [-0.05, 0) is 36.5 Å². The van der Waals surface area contributed by atoms with Crippen LogP contribution in [0.15, 0.2) is 48.5 Å². The van der Waals surface area contributed by atoms with Crippen LogP contribution < -0.4 is 5.32 Å². The molecule has 1 amide bonds. The minimum atomic E-state index is -0.178. The summed E-state index contributed by atoms with van der Waals surface area (Å²) in [7, 11) is 0. The first-order valence-corrected chi connectivity index (χ1v) is 7.72. The van der Waals surface area contributed by atoms with Crippen LogP contribution in [0.2, 0.25) is 10.0 Å². The third kappa shape index (κ3) is 3.22. The van der Waals surface area contributed by atoms with Gasteiger partial charge in [-0.15, -0.1) is 0 Å². The summed E-state index contributed by atoms with van der Waals surface area (Å²) >= 11 is 12.1. The average Bonchev–Trinajstić information content (AvgIpc) is 3.33. The fourth-order valence-corrected chi connectivity index (χ4v) is 2.85. The predicted molar refractivity (Wildman–Crippen MR) is 85.8 cm³/mol. The molecule has 0 aromatic heterocycles. The molecule has 2 nitrogen and oxygen atoms in total.